The summed E-state index contributed by atoms with van der Waals surface area (Å²) in [7, 11) is 0. The van der Waals surface area contributed by atoms with Crippen molar-refractivity contribution in [1.82, 2.24) is 0 Å². The zero-order valence-corrected chi connectivity index (χ0v) is 7.34. The fraction of sp³-hybridized carbons (Fsp3) is 0.286. The Morgan fingerprint density at radius 1 is 1.80 bits per heavy atom. The fourth-order valence-electron chi connectivity index (χ4n) is 0.468. The topological polar surface area (TPSA) is 17.1 Å². The molecule has 0 heterocycles. The van der Waals surface area contributed by atoms with Gasteiger partial charge in [-0.15, -0.1) is 11.8 Å². The van der Waals surface area contributed by atoms with E-state index in [4.69, 9.17) is 11.6 Å². The summed E-state index contributed by atoms with van der Waals surface area (Å²) in [6.45, 7) is 3.51. The van der Waals surface area contributed by atoms with Crippen LogP contribution in [0, 0.1) is 0 Å². The Morgan fingerprint density at radius 3 is 2.70 bits per heavy atom. The summed E-state index contributed by atoms with van der Waals surface area (Å²) in [4.78, 5) is 11.3. The van der Waals surface area contributed by atoms with Gasteiger partial charge in [0.1, 0.15) is 0 Å². The molecule has 1 nitrogen and oxygen atoms in total. The van der Waals surface area contributed by atoms with Gasteiger partial charge in [0.15, 0.2) is 0 Å². The van der Waals surface area contributed by atoms with E-state index in [0.29, 0.717) is 6.42 Å². The number of hydrogen-bond acceptors (Lipinski definition) is 2. The van der Waals surface area contributed by atoms with Crippen molar-refractivity contribution < 1.29 is 4.79 Å². The van der Waals surface area contributed by atoms with E-state index in [0.717, 1.165) is 4.91 Å². The Kier molecular flexibility index (Phi) is 5.45. The van der Waals surface area contributed by atoms with Crippen LogP contribution >= 0.6 is 23.4 Å². The quantitative estimate of drug-likeness (QED) is 0.484. The van der Waals surface area contributed by atoms with Crippen LogP contribution in [0.5, 0.6) is 0 Å². The highest BCUT2D eigenvalue weighted by molar-refractivity contribution is 8.02. The van der Waals surface area contributed by atoms with E-state index >= 15 is 0 Å². The molecule has 3 heteroatoms. The molecule has 0 spiro atoms. The smallest absolute Gasteiger partial charge is 0.226 e. The average Bonchev–Trinajstić information content (AvgIpc) is 1.86. The normalized spacial score (nSPS) is 11.2. The van der Waals surface area contributed by atoms with Gasteiger partial charge in [-0.3, -0.25) is 4.79 Å². The summed E-state index contributed by atoms with van der Waals surface area (Å²) in [6, 6.07) is 0. The summed E-state index contributed by atoms with van der Waals surface area (Å²) >= 11 is 6.67. The van der Waals surface area contributed by atoms with Gasteiger partial charge in [-0.2, -0.15) is 0 Å². The molecule has 0 aliphatic heterocycles. The van der Waals surface area contributed by atoms with Crippen molar-refractivity contribution in [2.75, 3.05) is 6.26 Å². The molecule has 0 unspecified atom stereocenters. The van der Waals surface area contributed by atoms with Gasteiger partial charge in [-0.25, -0.2) is 0 Å². The first-order chi connectivity index (χ1) is 4.70. The van der Waals surface area contributed by atoms with Crippen molar-refractivity contribution in [3.8, 4) is 0 Å². The van der Waals surface area contributed by atoms with E-state index in [-0.39, 0.29) is 5.24 Å². The molecule has 0 fully saturated rings. The third-order valence-corrected chi connectivity index (χ3v) is 1.82. The molecule has 0 saturated heterocycles. The van der Waals surface area contributed by atoms with Gasteiger partial charge >= 0.3 is 0 Å². The standard InChI is InChI=1S/C7H9ClOS/c1-3-4-6(10-2)5-7(8)9/h3-4H,1,5H2,2H3/b6-4+. The fourth-order valence-corrected chi connectivity index (χ4v) is 1.20. The first kappa shape index (κ1) is 9.79. The van der Waals surface area contributed by atoms with Crippen LogP contribution in [-0.2, 0) is 4.79 Å². The Labute approximate surface area is 70.1 Å². The van der Waals surface area contributed by atoms with Crippen molar-refractivity contribution in [1.29, 1.82) is 0 Å². The monoisotopic (exact) mass is 176 g/mol. The van der Waals surface area contributed by atoms with E-state index in [1.54, 1.807) is 12.2 Å². The van der Waals surface area contributed by atoms with E-state index in [2.05, 4.69) is 6.58 Å². The molecule has 0 aliphatic rings. The van der Waals surface area contributed by atoms with Gasteiger partial charge in [0.2, 0.25) is 5.24 Å². The second kappa shape index (κ2) is 5.57. The number of hydrogen-bond donors (Lipinski definition) is 0. The Hall–Kier alpha value is -0.210. The third kappa shape index (κ3) is 4.65. The van der Waals surface area contributed by atoms with Crippen molar-refractivity contribution >= 4 is 28.6 Å². The molecule has 0 rings (SSSR count). The first-order valence-electron chi connectivity index (χ1n) is 2.74. The van der Waals surface area contributed by atoms with Crippen LogP contribution in [0.1, 0.15) is 6.42 Å². The maximum Gasteiger partial charge on any atom is 0.226 e. The molecule has 0 aromatic heterocycles. The molecule has 0 N–H and O–H groups in total. The van der Waals surface area contributed by atoms with Crippen molar-refractivity contribution in [3.05, 3.63) is 23.6 Å². The highest BCUT2D eigenvalue weighted by atomic mass is 35.5. The molecule has 0 aliphatic carbocycles. The van der Waals surface area contributed by atoms with Gasteiger partial charge in [0.25, 0.3) is 0 Å². The van der Waals surface area contributed by atoms with Crippen molar-refractivity contribution in [2.45, 2.75) is 6.42 Å². The SMILES string of the molecule is C=C/C=C(\CC(=O)Cl)SC. The molecule has 56 valence electrons. The molecular weight excluding hydrogens is 168 g/mol. The largest absolute Gasteiger partial charge is 0.281 e. The lowest BCUT2D eigenvalue weighted by atomic mass is 10.4. The highest BCUT2D eigenvalue weighted by Gasteiger charge is 1.99. The van der Waals surface area contributed by atoms with Gasteiger partial charge in [0.05, 0.1) is 6.42 Å². The molecule has 0 amide bonds. The summed E-state index contributed by atoms with van der Waals surface area (Å²) in [5.74, 6) is 0. The number of halogens is 1. The molecule has 0 bridgehead atoms. The molecule has 0 aromatic carbocycles. The van der Waals surface area contributed by atoms with Gasteiger partial charge < -0.3 is 0 Å². The zero-order valence-electron chi connectivity index (χ0n) is 5.76. The minimum Gasteiger partial charge on any atom is -0.281 e. The Balaban J connectivity index is 3.95. The predicted octanol–water partition coefficient (Wildman–Crippen LogP) is 2.57. The zero-order chi connectivity index (χ0) is 7.98. The van der Waals surface area contributed by atoms with Crippen LogP contribution in [0.15, 0.2) is 23.6 Å². The predicted molar refractivity (Wildman–Crippen MR) is 47.3 cm³/mol. The highest BCUT2D eigenvalue weighted by Crippen LogP contribution is 2.16. The lowest BCUT2D eigenvalue weighted by Crippen LogP contribution is -1.86. The van der Waals surface area contributed by atoms with Crippen LogP contribution in [0.2, 0.25) is 0 Å². The summed E-state index contributed by atoms with van der Waals surface area (Å²) in [5.41, 5.74) is 0. The van der Waals surface area contributed by atoms with Crippen LogP contribution in [0.3, 0.4) is 0 Å². The van der Waals surface area contributed by atoms with Crippen LogP contribution in [0.4, 0.5) is 0 Å². The third-order valence-electron chi connectivity index (χ3n) is 0.879. The first-order valence-corrected chi connectivity index (χ1v) is 4.35. The van der Waals surface area contributed by atoms with Gasteiger partial charge in [-0.1, -0.05) is 18.7 Å². The molecule has 0 saturated carbocycles. The molecular formula is C7H9ClOS. The molecule has 0 aromatic rings. The molecule has 0 atom stereocenters. The van der Waals surface area contributed by atoms with Crippen LogP contribution in [-0.4, -0.2) is 11.5 Å². The van der Waals surface area contributed by atoms with Crippen LogP contribution in [0.25, 0.3) is 0 Å². The number of allylic oxidation sites excluding steroid dienone is 3. The lowest BCUT2D eigenvalue weighted by Gasteiger charge is -1.95. The second-order valence-electron chi connectivity index (χ2n) is 1.60. The van der Waals surface area contributed by atoms with Crippen molar-refractivity contribution in [3.63, 3.8) is 0 Å². The van der Waals surface area contributed by atoms with E-state index < -0.39 is 0 Å². The number of thioether (sulfide) groups is 1. The minimum atomic E-state index is -0.331. The van der Waals surface area contributed by atoms with E-state index in [9.17, 15) is 4.79 Å². The van der Waals surface area contributed by atoms with Gasteiger partial charge in [-0.05, 0) is 22.8 Å². The van der Waals surface area contributed by atoms with Crippen LogP contribution < -0.4 is 0 Å². The maximum absolute atomic E-state index is 10.4. The maximum atomic E-state index is 10.4. The number of rotatable bonds is 4. The van der Waals surface area contributed by atoms with E-state index in [1.165, 1.54) is 11.8 Å². The van der Waals surface area contributed by atoms with Gasteiger partial charge in [0, 0.05) is 0 Å². The molecule has 0 radical (unpaired) electrons. The van der Waals surface area contributed by atoms with E-state index in [1.807, 2.05) is 6.26 Å². The lowest BCUT2D eigenvalue weighted by molar-refractivity contribution is -0.111. The number of carbonyl (C=O) groups is 1. The minimum absolute atomic E-state index is 0.300. The van der Waals surface area contributed by atoms with Crippen molar-refractivity contribution in [2.24, 2.45) is 0 Å². The second-order valence-corrected chi connectivity index (χ2v) is 2.96. The Morgan fingerprint density at radius 2 is 2.40 bits per heavy atom. The molecule has 10 heavy (non-hydrogen) atoms. The summed E-state index contributed by atoms with van der Waals surface area (Å²) in [5, 5.41) is -0.331. The summed E-state index contributed by atoms with van der Waals surface area (Å²) in [6.07, 6.45) is 5.63. The number of carbonyl (C=O) groups excluding carboxylic acids is 1. The Bertz CT molecular complexity index is 163. The average molecular weight is 177 g/mol. The summed E-state index contributed by atoms with van der Waals surface area (Å²) < 4.78 is 0.